The molecule has 1 aromatic rings. The van der Waals surface area contributed by atoms with E-state index in [4.69, 9.17) is 10.4 Å². The first-order valence-electron chi connectivity index (χ1n) is 8.63. The third-order valence-corrected chi connectivity index (χ3v) is 4.88. The number of para-hydroxylation sites is 1. The van der Waals surface area contributed by atoms with Gasteiger partial charge in [-0.25, -0.2) is 4.79 Å². The molecule has 1 saturated heterocycles. The van der Waals surface area contributed by atoms with E-state index >= 15 is 0 Å². The van der Waals surface area contributed by atoms with E-state index < -0.39 is 13.1 Å². The summed E-state index contributed by atoms with van der Waals surface area (Å²) in [6, 6.07) is 4.98. The van der Waals surface area contributed by atoms with Crippen LogP contribution in [0.5, 0.6) is 5.75 Å². The highest BCUT2D eigenvalue weighted by atomic mass is 16.5. The third-order valence-electron chi connectivity index (χ3n) is 4.88. The number of carboxylic acids is 1. The first kappa shape index (κ1) is 17.9. The van der Waals surface area contributed by atoms with E-state index in [1.807, 2.05) is 0 Å². The SMILES string of the molecule is N[C@@H]1CCCN(CC(=O)C[C@H]2Cc3cccc(C(=O)O)c3OB2O)C1. The molecule has 25 heavy (non-hydrogen) atoms. The van der Waals surface area contributed by atoms with Gasteiger partial charge in [0.15, 0.2) is 0 Å². The average Bonchev–Trinajstić information content (AvgIpc) is 2.54. The molecule has 0 radical (unpaired) electrons. The molecule has 0 unspecified atom stereocenters. The van der Waals surface area contributed by atoms with Crippen LogP contribution < -0.4 is 10.4 Å². The van der Waals surface area contributed by atoms with Crippen molar-refractivity contribution in [3.8, 4) is 5.75 Å². The van der Waals surface area contributed by atoms with Crippen LogP contribution in [0.3, 0.4) is 0 Å². The second-order valence-corrected chi connectivity index (χ2v) is 6.95. The van der Waals surface area contributed by atoms with Gasteiger partial charge < -0.3 is 20.5 Å². The Bertz CT molecular complexity index is 668. The summed E-state index contributed by atoms with van der Waals surface area (Å²) >= 11 is 0. The highest BCUT2D eigenvalue weighted by molar-refractivity contribution is 6.47. The fourth-order valence-electron chi connectivity index (χ4n) is 3.67. The number of nitrogens with two attached hydrogens (primary N) is 1. The van der Waals surface area contributed by atoms with Gasteiger partial charge in [0.25, 0.3) is 0 Å². The number of aromatic carboxylic acids is 1. The molecule has 3 rings (SSSR count). The van der Waals surface area contributed by atoms with Crippen LogP contribution in [-0.2, 0) is 11.2 Å². The molecular formula is C17H23BN2O5. The fourth-order valence-corrected chi connectivity index (χ4v) is 3.67. The van der Waals surface area contributed by atoms with Gasteiger partial charge in [-0.2, -0.15) is 0 Å². The molecule has 0 saturated carbocycles. The van der Waals surface area contributed by atoms with Gasteiger partial charge in [0.1, 0.15) is 11.5 Å². The normalized spacial score (nSPS) is 23.7. The number of benzene rings is 1. The Labute approximate surface area is 146 Å². The zero-order chi connectivity index (χ0) is 18.0. The van der Waals surface area contributed by atoms with E-state index in [-0.39, 0.29) is 35.4 Å². The molecule has 0 bridgehead atoms. The molecule has 0 spiro atoms. The molecule has 2 aliphatic rings. The zero-order valence-corrected chi connectivity index (χ0v) is 14.1. The Morgan fingerprint density at radius 2 is 2.20 bits per heavy atom. The van der Waals surface area contributed by atoms with Gasteiger partial charge >= 0.3 is 13.1 Å². The second-order valence-electron chi connectivity index (χ2n) is 6.95. The van der Waals surface area contributed by atoms with E-state index in [0.29, 0.717) is 18.5 Å². The van der Waals surface area contributed by atoms with Crippen LogP contribution in [0.2, 0.25) is 5.82 Å². The molecule has 2 heterocycles. The number of rotatable bonds is 5. The average molecular weight is 346 g/mol. The molecule has 2 aliphatic heterocycles. The molecule has 0 aliphatic carbocycles. The van der Waals surface area contributed by atoms with Crippen molar-refractivity contribution in [1.29, 1.82) is 0 Å². The summed E-state index contributed by atoms with van der Waals surface area (Å²) in [6.07, 6.45) is 2.60. The number of ketones is 1. The number of nitrogens with zero attached hydrogens (tertiary/aromatic N) is 1. The number of carbonyl (C=O) groups excluding carboxylic acids is 1. The standard InChI is InChI=1S/C17H23BN2O5/c19-13-4-2-6-20(9-13)10-14(21)8-12-7-11-3-1-5-15(17(22)23)16(11)25-18(12)24/h1,3,5,12-13,24H,2,4,6-10,19H2,(H,22,23)/t12-,13-/m1/s1. The first-order chi connectivity index (χ1) is 11.9. The number of hydrogen-bond acceptors (Lipinski definition) is 6. The van der Waals surface area contributed by atoms with Crippen LogP contribution in [0.15, 0.2) is 18.2 Å². The zero-order valence-electron chi connectivity index (χ0n) is 14.1. The molecule has 134 valence electrons. The molecule has 1 aromatic carbocycles. The molecular weight excluding hydrogens is 323 g/mol. The molecule has 1 fully saturated rings. The van der Waals surface area contributed by atoms with Gasteiger partial charge in [0.2, 0.25) is 0 Å². The van der Waals surface area contributed by atoms with Crippen molar-refractivity contribution < 1.29 is 24.4 Å². The minimum absolute atomic E-state index is 0.0311. The molecule has 0 aromatic heterocycles. The first-order valence-corrected chi connectivity index (χ1v) is 8.63. The van der Waals surface area contributed by atoms with Crippen LogP contribution in [0.25, 0.3) is 0 Å². The number of hydrogen-bond donors (Lipinski definition) is 3. The van der Waals surface area contributed by atoms with Gasteiger partial charge in [-0.1, -0.05) is 12.1 Å². The maximum atomic E-state index is 12.4. The maximum Gasteiger partial charge on any atom is 0.526 e. The summed E-state index contributed by atoms with van der Waals surface area (Å²) in [5.41, 5.74) is 6.68. The molecule has 0 amide bonds. The topological polar surface area (TPSA) is 113 Å². The van der Waals surface area contributed by atoms with Gasteiger partial charge in [0.05, 0.1) is 12.1 Å². The number of piperidine rings is 1. The van der Waals surface area contributed by atoms with Gasteiger partial charge in [-0.3, -0.25) is 9.69 Å². The van der Waals surface area contributed by atoms with Crippen molar-refractivity contribution in [3.63, 3.8) is 0 Å². The Morgan fingerprint density at radius 3 is 2.92 bits per heavy atom. The lowest BCUT2D eigenvalue weighted by Crippen LogP contribution is -2.45. The highest BCUT2D eigenvalue weighted by Gasteiger charge is 2.38. The molecule has 7 nitrogen and oxygen atoms in total. The van der Waals surface area contributed by atoms with E-state index in [1.165, 1.54) is 6.07 Å². The second kappa shape index (κ2) is 7.55. The predicted octanol–water partition coefficient (Wildman–Crippen LogP) is 0.553. The van der Waals surface area contributed by atoms with Crippen LogP contribution >= 0.6 is 0 Å². The predicted molar refractivity (Wildman–Crippen MR) is 92.7 cm³/mol. The van der Waals surface area contributed by atoms with E-state index in [9.17, 15) is 19.7 Å². The summed E-state index contributed by atoms with van der Waals surface area (Å²) < 4.78 is 5.43. The highest BCUT2D eigenvalue weighted by Crippen LogP contribution is 2.36. The van der Waals surface area contributed by atoms with Gasteiger partial charge in [0, 0.05) is 24.8 Å². The molecule has 4 N–H and O–H groups in total. The number of carboxylic acid groups (broad SMARTS) is 1. The smallest absolute Gasteiger partial charge is 0.526 e. The number of carbonyl (C=O) groups is 2. The van der Waals surface area contributed by atoms with Crippen LogP contribution in [-0.4, -0.2) is 59.6 Å². The minimum atomic E-state index is -1.18. The quantitative estimate of drug-likeness (QED) is 0.668. The number of fused-ring (bicyclic) bond motifs is 1. The van der Waals surface area contributed by atoms with Crippen molar-refractivity contribution in [2.45, 2.75) is 37.5 Å². The molecule has 8 heteroatoms. The molecule has 2 atom stereocenters. The monoisotopic (exact) mass is 346 g/mol. The summed E-state index contributed by atoms with van der Waals surface area (Å²) in [5, 5.41) is 19.4. The Balaban J connectivity index is 1.63. The van der Waals surface area contributed by atoms with Crippen molar-refractivity contribution in [2.75, 3.05) is 19.6 Å². The van der Waals surface area contributed by atoms with Crippen molar-refractivity contribution in [3.05, 3.63) is 29.3 Å². The van der Waals surface area contributed by atoms with Crippen LogP contribution in [0.4, 0.5) is 0 Å². The maximum absolute atomic E-state index is 12.4. The van der Waals surface area contributed by atoms with E-state index in [0.717, 1.165) is 25.9 Å². The summed E-state index contributed by atoms with van der Waals surface area (Å²) in [7, 11) is -1.18. The Morgan fingerprint density at radius 1 is 1.40 bits per heavy atom. The van der Waals surface area contributed by atoms with Crippen LogP contribution in [0, 0.1) is 0 Å². The van der Waals surface area contributed by atoms with Crippen LogP contribution in [0.1, 0.15) is 35.2 Å². The van der Waals surface area contributed by atoms with Gasteiger partial charge in [-0.05, 0) is 37.4 Å². The lowest BCUT2D eigenvalue weighted by Gasteiger charge is -2.31. The third kappa shape index (κ3) is 4.20. The Kier molecular flexibility index (Phi) is 5.41. The lowest BCUT2D eigenvalue weighted by atomic mass is 9.64. The summed E-state index contributed by atoms with van der Waals surface area (Å²) in [4.78, 5) is 25.7. The number of Topliss-reactive ketones (excluding diaryl/α,β-unsaturated/α-hetero) is 1. The fraction of sp³-hybridized carbons (Fsp3) is 0.529. The van der Waals surface area contributed by atoms with Gasteiger partial charge in [-0.15, -0.1) is 0 Å². The number of likely N-dealkylation sites (tertiary alicyclic amines) is 1. The summed E-state index contributed by atoms with van der Waals surface area (Å²) in [6.45, 7) is 1.92. The lowest BCUT2D eigenvalue weighted by molar-refractivity contribution is -0.120. The van der Waals surface area contributed by atoms with Crippen molar-refractivity contribution >= 4 is 18.9 Å². The summed E-state index contributed by atoms with van der Waals surface area (Å²) in [5.74, 6) is -1.23. The largest absolute Gasteiger partial charge is 0.535 e. The van der Waals surface area contributed by atoms with E-state index in [2.05, 4.69) is 4.90 Å². The Hall–Kier alpha value is -1.90. The van der Waals surface area contributed by atoms with Crippen molar-refractivity contribution in [1.82, 2.24) is 4.90 Å². The van der Waals surface area contributed by atoms with E-state index in [1.54, 1.807) is 12.1 Å². The minimum Gasteiger partial charge on any atom is -0.535 e. The van der Waals surface area contributed by atoms with Crippen molar-refractivity contribution in [2.24, 2.45) is 5.73 Å².